The van der Waals surface area contributed by atoms with E-state index >= 15 is 0 Å². The number of hydrogen-bond acceptors (Lipinski definition) is 4. The molecule has 2 aromatic rings. The number of nitrogens with zero attached hydrogens (tertiary/aromatic N) is 3. The van der Waals surface area contributed by atoms with E-state index in [9.17, 15) is 4.79 Å². The van der Waals surface area contributed by atoms with E-state index in [0.29, 0.717) is 17.4 Å². The molecule has 136 valence electrons. The molecule has 1 aliphatic heterocycles. The number of piperidine rings is 1. The third kappa shape index (κ3) is 5.30. The number of halogens is 1. The monoisotopic (exact) mass is 370 g/mol. The Kier molecular flexibility index (Phi) is 6.23. The van der Waals surface area contributed by atoms with Gasteiger partial charge < -0.3 is 10.2 Å². The molecule has 1 aromatic carbocycles. The van der Waals surface area contributed by atoms with Crippen LogP contribution in [0, 0.1) is 6.92 Å². The second-order valence-corrected chi connectivity index (χ2v) is 6.87. The first-order valence-electron chi connectivity index (χ1n) is 8.91. The van der Waals surface area contributed by atoms with Gasteiger partial charge in [-0.05, 0) is 50.0 Å². The lowest BCUT2D eigenvalue weighted by molar-refractivity contribution is -0.116. The summed E-state index contributed by atoms with van der Waals surface area (Å²) >= 11 is 5.85. The van der Waals surface area contributed by atoms with Gasteiger partial charge in [-0.25, -0.2) is 9.97 Å². The molecule has 1 fully saturated rings. The Labute approximate surface area is 159 Å². The van der Waals surface area contributed by atoms with Gasteiger partial charge in [0.05, 0.1) is 6.54 Å². The van der Waals surface area contributed by atoms with Gasteiger partial charge in [0.2, 0.25) is 5.91 Å². The number of amides is 1. The Balaban J connectivity index is 1.59. The summed E-state index contributed by atoms with van der Waals surface area (Å²) in [4.78, 5) is 23.4. The van der Waals surface area contributed by atoms with Crippen LogP contribution < -0.4 is 10.2 Å². The minimum atomic E-state index is -0.176. The highest BCUT2D eigenvalue weighted by atomic mass is 35.5. The summed E-state index contributed by atoms with van der Waals surface area (Å²) < 4.78 is 0. The van der Waals surface area contributed by atoms with Gasteiger partial charge in [0.1, 0.15) is 11.6 Å². The number of carbonyl (C=O) groups excluding carboxylic acids is 1. The van der Waals surface area contributed by atoms with Gasteiger partial charge in [-0.2, -0.15) is 0 Å². The van der Waals surface area contributed by atoms with Gasteiger partial charge in [0.25, 0.3) is 0 Å². The normalized spacial score (nSPS) is 14.6. The molecule has 1 aliphatic rings. The molecule has 6 heteroatoms. The number of aryl methyl sites for hydroxylation is 1. The fourth-order valence-electron chi connectivity index (χ4n) is 2.95. The zero-order chi connectivity index (χ0) is 18.4. The third-order valence-electron chi connectivity index (χ3n) is 4.28. The second-order valence-electron chi connectivity index (χ2n) is 6.43. The van der Waals surface area contributed by atoms with Crippen molar-refractivity contribution >= 4 is 29.4 Å². The van der Waals surface area contributed by atoms with Gasteiger partial charge in [0, 0.05) is 35.9 Å². The van der Waals surface area contributed by atoms with E-state index in [4.69, 9.17) is 11.6 Å². The first-order chi connectivity index (χ1) is 12.6. The Morgan fingerprint density at radius 3 is 2.65 bits per heavy atom. The SMILES string of the molecule is Cc1cc(N2CCCCC2)nc(CNC(=O)/C=C/c2ccc(Cl)cc2)n1. The molecule has 0 radical (unpaired) electrons. The van der Waals surface area contributed by atoms with Crippen molar-refractivity contribution < 1.29 is 4.79 Å². The highest BCUT2D eigenvalue weighted by molar-refractivity contribution is 6.30. The van der Waals surface area contributed by atoms with Gasteiger partial charge >= 0.3 is 0 Å². The quantitative estimate of drug-likeness (QED) is 0.814. The Bertz CT molecular complexity index is 783. The summed E-state index contributed by atoms with van der Waals surface area (Å²) in [7, 11) is 0. The van der Waals surface area contributed by atoms with E-state index in [2.05, 4.69) is 20.2 Å². The van der Waals surface area contributed by atoms with Crippen LogP contribution in [0.1, 0.15) is 36.3 Å². The van der Waals surface area contributed by atoms with E-state index in [1.165, 1.54) is 25.3 Å². The predicted octanol–water partition coefficient (Wildman–Crippen LogP) is 3.76. The molecule has 0 unspecified atom stereocenters. The van der Waals surface area contributed by atoms with E-state index in [0.717, 1.165) is 30.2 Å². The van der Waals surface area contributed by atoms with Crippen molar-refractivity contribution in [2.24, 2.45) is 0 Å². The molecule has 5 nitrogen and oxygen atoms in total. The number of hydrogen-bond donors (Lipinski definition) is 1. The zero-order valence-electron chi connectivity index (χ0n) is 14.9. The van der Waals surface area contributed by atoms with Crippen LogP contribution in [0.4, 0.5) is 5.82 Å². The van der Waals surface area contributed by atoms with Crippen molar-refractivity contribution in [3.63, 3.8) is 0 Å². The van der Waals surface area contributed by atoms with Gasteiger partial charge in [-0.3, -0.25) is 4.79 Å². The van der Waals surface area contributed by atoms with E-state index < -0.39 is 0 Å². The van der Waals surface area contributed by atoms with Gasteiger partial charge in [-0.15, -0.1) is 0 Å². The molecule has 1 saturated heterocycles. The van der Waals surface area contributed by atoms with Crippen LogP contribution in [0.15, 0.2) is 36.4 Å². The maximum atomic E-state index is 12.0. The van der Waals surface area contributed by atoms with Crippen molar-refractivity contribution in [3.8, 4) is 0 Å². The Morgan fingerprint density at radius 2 is 1.92 bits per heavy atom. The standard InChI is InChI=1S/C20H23ClN4O/c1-15-13-19(25-11-3-2-4-12-25)24-18(23-15)14-22-20(26)10-7-16-5-8-17(21)9-6-16/h5-10,13H,2-4,11-12,14H2,1H3,(H,22,26)/b10-7+. The van der Waals surface area contributed by atoms with Crippen molar-refractivity contribution in [3.05, 3.63) is 58.5 Å². The highest BCUT2D eigenvalue weighted by Gasteiger charge is 2.14. The molecule has 0 bridgehead atoms. The molecule has 1 aromatic heterocycles. The van der Waals surface area contributed by atoms with Gasteiger partial charge in [-0.1, -0.05) is 23.7 Å². The van der Waals surface area contributed by atoms with Crippen molar-refractivity contribution in [2.45, 2.75) is 32.7 Å². The third-order valence-corrected chi connectivity index (χ3v) is 4.54. The van der Waals surface area contributed by atoms with Crippen LogP contribution in [0.25, 0.3) is 6.08 Å². The number of benzene rings is 1. The number of aromatic nitrogens is 2. The van der Waals surface area contributed by atoms with Crippen LogP contribution in [0.2, 0.25) is 5.02 Å². The minimum absolute atomic E-state index is 0.176. The average molecular weight is 371 g/mol. The smallest absolute Gasteiger partial charge is 0.244 e. The summed E-state index contributed by atoms with van der Waals surface area (Å²) in [5.74, 6) is 1.42. The van der Waals surface area contributed by atoms with Crippen LogP contribution in [0.3, 0.4) is 0 Å². The molecule has 0 aliphatic carbocycles. The maximum absolute atomic E-state index is 12.0. The van der Waals surface area contributed by atoms with Crippen molar-refractivity contribution in [1.29, 1.82) is 0 Å². The van der Waals surface area contributed by atoms with E-state index in [1.54, 1.807) is 18.2 Å². The first kappa shape index (κ1) is 18.4. The van der Waals surface area contributed by atoms with Crippen LogP contribution >= 0.6 is 11.6 Å². The number of nitrogens with one attached hydrogen (secondary N) is 1. The van der Waals surface area contributed by atoms with Crippen LogP contribution in [-0.2, 0) is 11.3 Å². The summed E-state index contributed by atoms with van der Waals surface area (Å²) in [6.07, 6.45) is 6.94. The number of carbonyl (C=O) groups is 1. The highest BCUT2D eigenvalue weighted by Crippen LogP contribution is 2.18. The fraction of sp³-hybridized carbons (Fsp3) is 0.350. The molecule has 3 rings (SSSR count). The molecule has 0 saturated carbocycles. The molecule has 1 amide bonds. The first-order valence-corrected chi connectivity index (χ1v) is 9.29. The number of anilines is 1. The number of rotatable bonds is 5. The molecular weight excluding hydrogens is 348 g/mol. The summed E-state index contributed by atoms with van der Waals surface area (Å²) in [5.41, 5.74) is 1.84. The average Bonchev–Trinajstić information content (AvgIpc) is 2.66. The molecule has 0 atom stereocenters. The lowest BCUT2D eigenvalue weighted by Crippen LogP contribution is -2.31. The summed E-state index contributed by atoms with van der Waals surface area (Å²) in [6.45, 7) is 4.34. The topological polar surface area (TPSA) is 58.1 Å². The van der Waals surface area contributed by atoms with Gasteiger partial charge in [0.15, 0.2) is 0 Å². The van der Waals surface area contributed by atoms with Crippen molar-refractivity contribution in [2.75, 3.05) is 18.0 Å². The van der Waals surface area contributed by atoms with E-state index in [1.807, 2.05) is 25.1 Å². The lowest BCUT2D eigenvalue weighted by atomic mass is 10.1. The largest absolute Gasteiger partial charge is 0.357 e. The molecule has 2 heterocycles. The minimum Gasteiger partial charge on any atom is -0.357 e. The Hall–Kier alpha value is -2.40. The van der Waals surface area contributed by atoms with Crippen LogP contribution in [0.5, 0.6) is 0 Å². The molecule has 1 N–H and O–H groups in total. The van der Waals surface area contributed by atoms with E-state index in [-0.39, 0.29) is 5.91 Å². The Morgan fingerprint density at radius 1 is 1.19 bits per heavy atom. The molecule has 26 heavy (non-hydrogen) atoms. The predicted molar refractivity (Wildman–Crippen MR) is 105 cm³/mol. The van der Waals surface area contributed by atoms with Crippen LogP contribution in [-0.4, -0.2) is 29.0 Å². The summed E-state index contributed by atoms with van der Waals surface area (Å²) in [5, 5.41) is 3.52. The second kappa shape index (κ2) is 8.81. The lowest BCUT2D eigenvalue weighted by Gasteiger charge is -2.28. The maximum Gasteiger partial charge on any atom is 0.244 e. The zero-order valence-corrected chi connectivity index (χ0v) is 15.7. The fourth-order valence-corrected chi connectivity index (χ4v) is 3.07. The molecular formula is C20H23ClN4O. The molecule has 0 spiro atoms. The summed E-state index contributed by atoms with van der Waals surface area (Å²) in [6, 6.07) is 9.32. The van der Waals surface area contributed by atoms with Crippen molar-refractivity contribution in [1.82, 2.24) is 15.3 Å².